The normalized spacial score (nSPS) is 10.2. The molecule has 0 atom stereocenters. The summed E-state index contributed by atoms with van der Waals surface area (Å²) in [6, 6.07) is 16.4. The second kappa shape index (κ2) is 7.53. The standard InChI is InChI=1S/C20H16N2O4/c1-24-16-9-7-15(8-10-16)20-19(14-5-3-13(12-21)4-6-14)22-17(26-20)11-18(23)25-2/h3-10H,11H2,1-2H3. The summed E-state index contributed by atoms with van der Waals surface area (Å²) in [5.41, 5.74) is 2.74. The Hall–Kier alpha value is -3.59. The number of hydrogen-bond donors (Lipinski definition) is 0. The summed E-state index contributed by atoms with van der Waals surface area (Å²) >= 11 is 0. The number of methoxy groups -OCH3 is 2. The first kappa shape index (κ1) is 17.2. The maximum Gasteiger partial charge on any atom is 0.314 e. The van der Waals surface area contributed by atoms with Gasteiger partial charge in [-0.1, -0.05) is 12.1 Å². The van der Waals surface area contributed by atoms with Gasteiger partial charge < -0.3 is 13.9 Å². The molecule has 0 radical (unpaired) electrons. The van der Waals surface area contributed by atoms with Gasteiger partial charge in [0.1, 0.15) is 17.9 Å². The van der Waals surface area contributed by atoms with Crippen molar-refractivity contribution < 1.29 is 18.7 Å². The molecule has 0 aliphatic heterocycles. The summed E-state index contributed by atoms with van der Waals surface area (Å²) in [7, 11) is 2.91. The third-order valence-corrected chi connectivity index (χ3v) is 3.83. The molecule has 0 N–H and O–H groups in total. The van der Waals surface area contributed by atoms with Crippen LogP contribution in [0.1, 0.15) is 11.5 Å². The van der Waals surface area contributed by atoms with Crippen LogP contribution >= 0.6 is 0 Å². The van der Waals surface area contributed by atoms with Gasteiger partial charge in [-0.15, -0.1) is 0 Å². The van der Waals surface area contributed by atoms with Crippen molar-refractivity contribution in [3.05, 3.63) is 60.0 Å². The third-order valence-electron chi connectivity index (χ3n) is 3.83. The minimum Gasteiger partial charge on any atom is -0.497 e. The molecule has 0 amide bonds. The number of hydrogen-bond acceptors (Lipinski definition) is 6. The van der Waals surface area contributed by atoms with Crippen molar-refractivity contribution in [1.29, 1.82) is 5.26 Å². The molecule has 0 aliphatic rings. The lowest BCUT2D eigenvalue weighted by Crippen LogP contribution is -2.04. The van der Waals surface area contributed by atoms with Crippen molar-refractivity contribution in [2.75, 3.05) is 14.2 Å². The summed E-state index contributed by atoms with van der Waals surface area (Å²) < 4.78 is 15.7. The molecule has 0 bridgehead atoms. The molecule has 0 fully saturated rings. The lowest BCUT2D eigenvalue weighted by molar-refractivity contribution is -0.140. The number of oxazole rings is 1. The summed E-state index contributed by atoms with van der Waals surface area (Å²) in [5.74, 6) is 1.10. The Morgan fingerprint density at radius 3 is 2.31 bits per heavy atom. The van der Waals surface area contributed by atoms with Crippen molar-refractivity contribution in [2.24, 2.45) is 0 Å². The van der Waals surface area contributed by atoms with Crippen molar-refractivity contribution in [3.63, 3.8) is 0 Å². The second-order valence-electron chi connectivity index (χ2n) is 5.46. The zero-order chi connectivity index (χ0) is 18.5. The van der Waals surface area contributed by atoms with Crippen LogP contribution < -0.4 is 4.74 Å². The molecule has 3 aromatic rings. The number of ether oxygens (including phenoxy) is 2. The van der Waals surface area contributed by atoms with E-state index in [0.29, 0.717) is 17.0 Å². The van der Waals surface area contributed by atoms with Crippen molar-refractivity contribution >= 4 is 5.97 Å². The number of esters is 1. The van der Waals surface area contributed by atoms with Crippen molar-refractivity contribution in [1.82, 2.24) is 4.98 Å². The van der Waals surface area contributed by atoms with Crippen LogP contribution in [0.5, 0.6) is 5.75 Å². The molecule has 26 heavy (non-hydrogen) atoms. The van der Waals surface area contributed by atoms with Gasteiger partial charge in [0.15, 0.2) is 5.76 Å². The Labute approximate surface area is 150 Å². The lowest BCUT2D eigenvalue weighted by Gasteiger charge is -2.03. The van der Waals surface area contributed by atoms with Gasteiger partial charge in [0.2, 0.25) is 5.89 Å². The number of nitrogens with zero attached hydrogens (tertiary/aromatic N) is 2. The molecule has 1 aromatic heterocycles. The van der Waals surface area contributed by atoms with Crippen LogP contribution in [0.15, 0.2) is 52.9 Å². The van der Waals surface area contributed by atoms with Gasteiger partial charge in [0, 0.05) is 11.1 Å². The molecule has 0 saturated heterocycles. The van der Waals surface area contributed by atoms with Gasteiger partial charge >= 0.3 is 5.97 Å². The van der Waals surface area contributed by atoms with Crippen LogP contribution in [0.4, 0.5) is 0 Å². The van der Waals surface area contributed by atoms with E-state index in [1.165, 1.54) is 7.11 Å². The Morgan fingerprint density at radius 1 is 1.08 bits per heavy atom. The van der Waals surface area contributed by atoms with E-state index in [4.69, 9.17) is 14.4 Å². The summed E-state index contributed by atoms with van der Waals surface area (Å²) in [4.78, 5) is 16.0. The first-order valence-electron chi connectivity index (χ1n) is 7.86. The largest absolute Gasteiger partial charge is 0.497 e. The van der Waals surface area contributed by atoms with E-state index in [0.717, 1.165) is 16.9 Å². The van der Waals surface area contributed by atoms with Gasteiger partial charge in [-0.3, -0.25) is 4.79 Å². The predicted molar refractivity (Wildman–Crippen MR) is 94.4 cm³/mol. The van der Waals surface area contributed by atoms with E-state index in [-0.39, 0.29) is 12.3 Å². The highest BCUT2D eigenvalue weighted by Crippen LogP contribution is 2.33. The zero-order valence-corrected chi connectivity index (χ0v) is 14.4. The minimum atomic E-state index is -0.432. The van der Waals surface area contributed by atoms with Gasteiger partial charge in [-0.25, -0.2) is 4.98 Å². The van der Waals surface area contributed by atoms with Crippen LogP contribution in [0.3, 0.4) is 0 Å². The van der Waals surface area contributed by atoms with E-state index >= 15 is 0 Å². The number of benzene rings is 2. The van der Waals surface area contributed by atoms with Crippen molar-refractivity contribution in [2.45, 2.75) is 6.42 Å². The highest BCUT2D eigenvalue weighted by molar-refractivity contribution is 5.78. The number of nitriles is 1. The molecular weight excluding hydrogens is 332 g/mol. The molecule has 3 rings (SSSR count). The molecule has 6 heteroatoms. The molecular formula is C20H16N2O4. The number of aromatic nitrogens is 1. The predicted octanol–water partition coefficient (Wildman–Crippen LogP) is 3.60. The molecule has 6 nitrogen and oxygen atoms in total. The molecule has 0 spiro atoms. The highest BCUT2D eigenvalue weighted by Gasteiger charge is 2.19. The van der Waals surface area contributed by atoms with Gasteiger partial charge in [0.05, 0.1) is 25.9 Å². The zero-order valence-electron chi connectivity index (χ0n) is 14.4. The van der Waals surface area contributed by atoms with Gasteiger partial charge in [-0.05, 0) is 36.4 Å². The first-order valence-corrected chi connectivity index (χ1v) is 7.86. The number of carbonyl (C=O) groups is 1. The fourth-order valence-electron chi connectivity index (χ4n) is 2.47. The van der Waals surface area contributed by atoms with E-state index in [1.54, 1.807) is 31.4 Å². The number of rotatable bonds is 5. The van der Waals surface area contributed by atoms with Crippen molar-refractivity contribution in [3.8, 4) is 34.4 Å². The van der Waals surface area contributed by atoms with E-state index in [1.807, 2.05) is 24.3 Å². The Kier molecular flexibility index (Phi) is 4.99. The Morgan fingerprint density at radius 2 is 1.73 bits per heavy atom. The fraction of sp³-hybridized carbons (Fsp3) is 0.150. The average Bonchev–Trinajstić information content (AvgIpc) is 3.11. The average molecular weight is 348 g/mol. The maximum absolute atomic E-state index is 11.6. The fourth-order valence-corrected chi connectivity index (χ4v) is 2.47. The van der Waals surface area contributed by atoms with Crippen LogP contribution in [0, 0.1) is 11.3 Å². The Bertz CT molecular complexity index is 951. The summed E-state index contributed by atoms with van der Waals surface area (Å²) in [6.07, 6.45) is -0.0596. The topological polar surface area (TPSA) is 85.3 Å². The molecule has 1 heterocycles. The number of carbonyl (C=O) groups excluding carboxylic acids is 1. The summed E-state index contributed by atoms with van der Waals surface area (Å²) in [6.45, 7) is 0. The Balaban J connectivity index is 2.07. The first-order chi connectivity index (χ1) is 12.6. The molecule has 0 unspecified atom stereocenters. The second-order valence-corrected chi connectivity index (χ2v) is 5.46. The van der Waals surface area contributed by atoms with Crippen LogP contribution in [0.2, 0.25) is 0 Å². The van der Waals surface area contributed by atoms with Crippen LogP contribution in [0.25, 0.3) is 22.6 Å². The quantitative estimate of drug-likeness (QED) is 0.655. The maximum atomic E-state index is 11.6. The highest BCUT2D eigenvalue weighted by atomic mass is 16.5. The van der Waals surface area contributed by atoms with Gasteiger partial charge in [0.25, 0.3) is 0 Å². The molecule has 0 saturated carbocycles. The monoisotopic (exact) mass is 348 g/mol. The third kappa shape index (κ3) is 3.57. The molecule has 2 aromatic carbocycles. The van der Waals surface area contributed by atoms with E-state index < -0.39 is 5.97 Å². The minimum absolute atomic E-state index is 0.0596. The van der Waals surface area contributed by atoms with Gasteiger partial charge in [-0.2, -0.15) is 5.26 Å². The van der Waals surface area contributed by atoms with E-state index in [9.17, 15) is 4.79 Å². The molecule has 130 valence electrons. The van der Waals surface area contributed by atoms with Crippen LogP contribution in [-0.2, 0) is 16.0 Å². The molecule has 0 aliphatic carbocycles. The SMILES string of the molecule is COC(=O)Cc1nc(-c2ccc(C#N)cc2)c(-c2ccc(OC)cc2)o1. The van der Waals surface area contributed by atoms with Crippen LogP contribution in [-0.4, -0.2) is 25.2 Å². The smallest absolute Gasteiger partial charge is 0.314 e. The summed E-state index contributed by atoms with van der Waals surface area (Å²) in [5, 5.41) is 8.96. The van der Waals surface area contributed by atoms with E-state index in [2.05, 4.69) is 15.8 Å². The lowest BCUT2D eigenvalue weighted by atomic mass is 10.0.